The van der Waals surface area contributed by atoms with E-state index in [0.29, 0.717) is 0 Å². The van der Waals surface area contributed by atoms with Crippen molar-refractivity contribution in [2.24, 2.45) is 0 Å². The van der Waals surface area contributed by atoms with Gasteiger partial charge in [-0.25, -0.2) is 0 Å². The SMILES string of the molecule is CCCCCOc1ccc2cc(OCCCCBr)ccc2c1. The zero-order valence-corrected chi connectivity index (χ0v) is 14.9. The maximum atomic E-state index is 5.80. The summed E-state index contributed by atoms with van der Waals surface area (Å²) in [5.74, 6) is 1.90. The Morgan fingerprint density at radius 2 is 1.32 bits per heavy atom. The van der Waals surface area contributed by atoms with Gasteiger partial charge in [0.15, 0.2) is 0 Å². The molecule has 0 heterocycles. The van der Waals surface area contributed by atoms with Gasteiger partial charge in [0.05, 0.1) is 13.2 Å². The van der Waals surface area contributed by atoms with E-state index in [4.69, 9.17) is 9.47 Å². The lowest BCUT2D eigenvalue weighted by Gasteiger charge is -2.09. The molecule has 0 unspecified atom stereocenters. The lowest BCUT2D eigenvalue weighted by Crippen LogP contribution is -1.98. The van der Waals surface area contributed by atoms with Crippen molar-refractivity contribution in [3.8, 4) is 11.5 Å². The van der Waals surface area contributed by atoms with Crippen molar-refractivity contribution in [2.45, 2.75) is 39.0 Å². The van der Waals surface area contributed by atoms with Gasteiger partial charge in [-0.15, -0.1) is 0 Å². The van der Waals surface area contributed by atoms with Crippen LogP contribution in [0.4, 0.5) is 0 Å². The fourth-order valence-corrected chi connectivity index (χ4v) is 2.71. The first-order chi connectivity index (χ1) is 10.8. The lowest BCUT2D eigenvalue weighted by atomic mass is 10.1. The van der Waals surface area contributed by atoms with E-state index in [1.54, 1.807) is 0 Å². The molecule has 0 aliphatic carbocycles. The Kier molecular flexibility index (Phi) is 7.58. The van der Waals surface area contributed by atoms with Crippen LogP contribution in [0, 0.1) is 0 Å². The standard InChI is InChI=1S/C19H25BrO2/c1-2-3-5-12-21-18-9-7-17-15-19(10-8-16(17)14-18)22-13-6-4-11-20/h7-10,14-15H,2-6,11-13H2,1H3. The predicted molar refractivity (Wildman–Crippen MR) is 97.5 cm³/mol. The van der Waals surface area contributed by atoms with Gasteiger partial charge >= 0.3 is 0 Å². The van der Waals surface area contributed by atoms with Crippen LogP contribution in [0.15, 0.2) is 36.4 Å². The van der Waals surface area contributed by atoms with E-state index in [0.717, 1.165) is 49.3 Å². The van der Waals surface area contributed by atoms with E-state index < -0.39 is 0 Å². The number of fused-ring (bicyclic) bond motifs is 1. The van der Waals surface area contributed by atoms with Crippen LogP contribution in [0.3, 0.4) is 0 Å². The summed E-state index contributed by atoms with van der Waals surface area (Å²) in [6.45, 7) is 3.78. The average Bonchev–Trinajstić information content (AvgIpc) is 2.55. The van der Waals surface area contributed by atoms with Crippen molar-refractivity contribution in [2.75, 3.05) is 18.5 Å². The smallest absolute Gasteiger partial charge is 0.119 e. The highest BCUT2D eigenvalue weighted by molar-refractivity contribution is 9.09. The van der Waals surface area contributed by atoms with Gasteiger partial charge in [-0.1, -0.05) is 47.8 Å². The monoisotopic (exact) mass is 364 g/mol. The van der Waals surface area contributed by atoms with Gasteiger partial charge in [0.25, 0.3) is 0 Å². The molecular weight excluding hydrogens is 340 g/mol. The van der Waals surface area contributed by atoms with Gasteiger partial charge in [0, 0.05) is 5.33 Å². The molecule has 22 heavy (non-hydrogen) atoms. The number of benzene rings is 2. The van der Waals surface area contributed by atoms with Gasteiger partial charge < -0.3 is 9.47 Å². The molecule has 2 aromatic rings. The zero-order chi connectivity index (χ0) is 15.6. The third kappa shape index (κ3) is 5.53. The van der Waals surface area contributed by atoms with Crippen molar-refractivity contribution in [3.63, 3.8) is 0 Å². The summed E-state index contributed by atoms with van der Waals surface area (Å²) in [7, 11) is 0. The van der Waals surface area contributed by atoms with E-state index in [1.165, 1.54) is 23.6 Å². The molecule has 2 rings (SSSR count). The molecular formula is C19H25BrO2. The van der Waals surface area contributed by atoms with Crippen LogP contribution in [0.5, 0.6) is 11.5 Å². The van der Waals surface area contributed by atoms with Gasteiger partial charge in [-0.3, -0.25) is 0 Å². The van der Waals surface area contributed by atoms with Crippen molar-refractivity contribution < 1.29 is 9.47 Å². The largest absolute Gasteiger partial charge is 0.494 e. The number of ether oxygens (including phenoxy) is 2. The third-order valence-electron chi connectivity index (χ3n) is 3.60. The Balaban J connectivity index is 1.93. The summed E-state index contributed by atoms with van der Waals surface area (Å²) in [5.41, 5.74) is 0. The number of hydrogen-bond acceptors (Lipinski definition) is 2. The molecule has 0 radical (unpaired) electrons. The van der Waals surface area contributed by atoms with Gasteiger partial charge in [0.1, 0.15) is 11.5 Å². The number of alkyl halides is 1. The molecule has 120 valence electrons. The van der Waals surface area contributed by atoms with E-state index in [2.05, 4.69) is 47.1 Å². The van der Waals surface area contributed by atoms with Crippen molar-refractivity contribution >= 4 is 26.7 Å². The van der Waals surface area contributed by atoms with Gasteiger partial charge in [-0.05, 0) is 54.3 Å². The molecule has 2 aromatic carbocycles. The molecule has 0 bridgehead atoms. The Labute approximate surface area is 141 Å². The Morgan fingerprint density at radius 3 is 1.82 bits per heavy atom. The lowest BCUT2D eigenvalue weighted by molar-refractivity contribution is 0.306. The molecule has 0 amide bonds. The van der Waals surface area contributed by atoms with Crippen LogP contribution in [-0.2, 0) is 0 Å². The molecule has 3 heteroatoms. The van der Waals surface area contributed by atoms with Crippen LogP contribution in [-0.4, -0.2) is 18.5 Å². The molecule has 0 aromatic heterocycles. The summed E-state index contributed by atoms with van der Waals surface area (Å²) in [6, 6.07) is 12.5. The average molecular weight is 365 g/mol. The second kappa shape index (κ2) is 9.73. The fourth-order valence-electron chi connectivity index (χ4n) is 2.31. The highest BCUT2D eigenvalue weighted by Gasteiger charge is 2.01. The van der Waals surface area contributed by atoms with E-state index in [9.17, 15) is 0 Å². The molecule has 0 spiro atoms. The number of rotatable bonds is 10. The first-order valence-corrected chi connectivity index (χ1v) is 9.31. The second-order valence-electron chi connectivity index (χ2n) is 5.47. The summed E-state index contributed by atoms with van der Waals surface area (Å²) in [4.78, 5) is 0. The third-order valence-corrected chi connectivity index (χ3v) is 4.16. The normalized spacial score (nSPS) is 10.8. The Morgan fingerprint density at radius 1 is 0.773 bits per heavy atom. The molecule has 0 N–H and O–H groups in total. The molecule has 0 saturated carbocycles. The van der Waals surface area contributed by atoms with E-state index >= 15 is 0 Å². The van der Waals surface area contributed by atoms with Crippen LogP contribution in [0.25, 0.3) is 10.8 Å². The number of unbranched alkanes of at least 4 members (excludes halogenated alkanes) is 3. The number of hydrogen-bond donors (Lipinski definition) is 0. The first-order valence-electron chi connectivity index (χ1n) is 8.19. The quantitative estimate of drug-likeness (QED) is 0.382. The zero-order valence-electron chi connectivity index (χ0n) is 13.3. The summed E-state index contributed by atoms with van der Waals surface area (Å²) >= 11 is 3.43. The van der Waals surface area contributed by atoms with Crippen molar-refractivity contribution in [1.29, 1.82) is 0 Å². The summed E-state index contributed by atoms with van der Waals surface area (Å²) in [6.07, 6.45) is 5.79. The van der Waals surface area contributed by atoms with Crippen LogP contribution >= 0.6 is 15.9 Å². The topological polar surface area (TPSA) is 18.5 Å². The van der Waals surface area contributed by atoms with Gasteiger partial charge in [-0.2, -0.15) is 0 Å². The number of halogens is 1. The first kappa shape index (κ1) is 17.1. The molecule has 0 atom stereocenters. The summed E-state index contributed by atoms with van der Waals surface area (Å²) in [5, 5.41) is 3.43. The maximum Gasteiger partial charge on any atom is 0.119 e. The van der Waals surface area contributed by atoms with E-state index in [1.807, 2.05) is 12.1 Å². The summed E-state index contributed by atoms with van der Waals surface area (Å²) < 4.78 is 11.6. The minimum absolute atomic E-state index is 0.774. The van der Waals surface area contributed by atoms with Crippen molar-refractivity contribution in [3.05, 3.63) is 36.4 Å². The molecule has 0 saturated heterocycles. The Bertz CT molecular complexity index is 517. The maximum absolute atomic E-state index is 5.80. The molecule has 0 aliphatic heterocycles. The van der Waals surface area contributed by atoms with Crippen LogP contribution in [0.2, 0.25) is 0 Å². The molecule has 0 fully saturated rings. The highest BCUT2D eigenvalue weighted by Crippen LogP contribution is 2.25. The molecule has 0 aliphatic rings. The molecule has 2 nitrogen and oxygen atoms in total. The predicted octanol–water partition coefficient (Wildman–Crippen LogP) is 5.96. The van der Waals surface area contributed by atoms with Crippen LogP contribution in [0.1, 0.15) is 39.0 Å². The minimum Gasteiger partial charge on any atom is -0.494 e. The van der Waals surface area contributed by atoms with E-state index in [-0.39, 0.29) is 0 Å². The fraction of sp³-hybridized carbons (Fsp3) is 0.474. The van der Waals surface area contributed by atoms with Crippen molar-refractivity contribution in [1.82, 2.24) is 0 Å². The Hall–Kier alpha value is -1.22. The highest BCUT2D eigenvalue weighted by atomic mass is 79.9. The van der Waals surface area contributed by atoms with Crippen LogP contribution < -0.4 is 9.47 Å². The second-order valence-corrected chi connectivity index (χ2v) is 6.26. The van der Waals surface area contributed by atoms with Gasteiger partial charge in [0.2, 0.25) is 0 Å². The minimum atomic E-state index is 0.774.